The summed E-state index contributed by atoms with van der Waals surface area (Å²) in [5.41, 5.74) is 2.20. The number of ether oxygens (including phenoxy) is 2. The zero-order chi connectivity index (χ0) is 22.4. The van der Waals surface area contributed by atoms with E-state index < -0.39 is 17.4 Å². The molecule has 4 rings (SSSR count). The highest BCUT2D eigenvalue weighted by atomic mass is 16.6. The molecule has 4 heteroatoms. The first kappa shape index (κ1) is 21.8. The first-order valence-corrected chi connectivity index (χ1v) is 11.1. The third-order valence-corrected chi connectivity index (χ3v) is 6.31. The number of hydrogen-bond donors (Lipinski definition) is 0. The van der Waals surface area contributed by atoms with Gasteiger partial charge >= 0.3 is 11.9 Å². The predicted octanol–water partition coefficient (Wildman–Crippen LogP) is 5.97. The Morgan fingerprint density at radius 2 is 1.84 bits per heavy atom. The molecule has 0 amide bonds. The van der Waals surface area contributed by atoms with Gasteiger partial charge in [0.05, 0.1) is 7.11 Å². The molecule has 32 heavy (non-hydrogen) atoms. The van der Waals surface area contributed by atoms with Crippen LogP contribution in [0.4, 0.5) is 0 Å². The highest BCUT2D eigenvalue weighted by Gasteiger charge is 2.53. The van der Waals surface area contributed by atoms with Gasteiger partial charge in [-0.1, -0.05) is 78.9 Å². The van der Waals surface area contributed by atoms with Crippen LogP contribution in [-0.4, -0.2) is 19.0 Å². The van der Waals surface area contributed by atoms with Gasteiger partial charge in [0.15, 0.2) is 5.41 Å². The van der Waals surface area contributed by atoms with Crippen molar-refractivity contribution in [1.82, 2.24) is 0 Å². The van der Waals surface area contributed by atoms with Crippen LogP contribution in [0.2, 0.25) is 0 Å². The molecule has 1 heterocycles. The van der Waals surface area contributed by atoms with Gasteiger partial charge in [0.25, 0.3) is 0 Å². The van der Waals surface area contributed by atoms with Gasteiger partial charge in [0.1, 0.15) is 5.76 Å². The van der Waals surface area contributed by atoms with Crippen LogP contribution in [0.3, 0.4) is 0 Å². The Morgan fingerprint density at radius 1 is 1.12 bits per heavy atom. The molecule has 2 aromatic rings. The largest absolute Gasteiger partial charge is 0.468 e. The molecule has 0 spiro atoms. The van der Waals surface area contributed by atoms with Crippen molar-refractivity contribution in [2.45, 2.75) is 38.0 Å². The molecule has 0 aromatic heterocycles. The molecule has 4 nitrogen and oxygen atoms in total. The molecule has 1 aliphatic carbocycles. The van der Waals surface area contributed by atoms with Crippen LogP contribution in [0.15, 0.2) is 90.2 Å². The van der Waals surface area contributed by atoms with E-state index in [1.165, 1.54) is 12.7 Å². The normalized spacial score (nSPS) is 24.4. The van der Waals surface area contributed by atoms with E-state index in [0.29, 0.717) is 11.7 Å². The number of allylic oxidation sites excluding steroid dienone is 5. The van der Waals surface area contributed by atoms with Crippen LogP contribution in [0.5, 0.6) is 0 Å². The Hall–Kier alpha value is -3.40. The maximum atomic E-state index is 12.8. The van der Waals surface area contributed by atoms with Crippen LogP contribution in [-0.2, 0) is 19.1 Å². The molecule has 0 saturated carbocycles. The van der Waals surface area contributed by atoms with Gasteiger partial charge < -0.3 is 9.47 Å². The molecule has 1 saturated heterocycles. The van der Waals surface area contributed by atoms with Crippen molar-refractivity contribution in [1.29, 1.82) is 0 Å². The van der Waals surface area contributed by atoms with Gasteiger partial charge in [0, 0.05) is 6.42 Å². The lowest BCUT2D eigenvalue weighted by Gasteiger charge is -2.21. The molecular formula is C28H28O4. The Bertz CT molecular complexity index is 1050. The maximum absolute atomic E-state index is 12.8. The lowest BCUT2D eigenvalue weighted by molar-refractivity contribution is -0.162. The summed E-state index contributed by atoms with van der Waals surface area (Å²) >= 11 is 0. The molecule has 2 atom stereocenters. The number of hydrogen-bond acceptors (Lipinski definition) is 4. The van der Waals surface area contributed by atoms with E-state index in [1.54, 1.807) is 0 Å². The van der Waals surface area contributed by atoms with Crippen LogP contribution in [0, 0.1) is 5.41 Å². The third kappa shape index (κ3) is 4.75. The summed E-state index contributed by atoms with van der Waals surface area (Å²) < 4.78 is 10.6. The van der Waals surface area contributed by atoms with Crippen LogP contribution in [0.1, 0.15) is 49.1 Å². The molecule has 0 N–H and O–H groups in total. The van der Waals surface area contributed by atoms with Crippen molar-refractivity contribution in [3.05, 3.63) is 101 Å². The van der Waals surface area contributed by atoms with Crippen LogP contribution < -0.4 is 0 Å². The lowest BCUT2D eigenvalue weighted by atomic mass is 9.81. The molecule has 2 aliphatic rings. The fourth-order valence-electron chi connectivity index (χ4n) is 4.47. The summed E-state index contributed by atoms with van der Waals surface area (Å²) in [5, 5.41) is 0. The minimum Gasteiger partial charge on any atom is -0.468 e. The van der Waals surface area contributed by atoms with Gasteiger partial charge in [-0.05, 0) is 54.4 Å². The van der Waals surface area contributed by atoms with Gasteiger partial charge in [-0.15, -0.1) is 0 Å². The summed E-state index contributed by atoms with van der Waals surface area (Å²) in [6.45, 7) is 0. The second-order valence-corrected chi connectivity index (χ2v) is 8.43. The maximum Gasteiger partial charge on any atom is 0.329 e. The van der Waals surface area contributed by atoms with Crippen LogP contribution in [0.25, 0.3) is 6.08 Å². The van der Waals surface area contributed by atoms with Gasteiger partial charge in [-0.2, -0.15) is 0 Å². The monoisotopic (exact) mass is 428 g/mol. The third-order valence-electron chi connectivity index (χ3n) is 6.31. The van der Waals surface area contributed by atoms with E-state index in [9.17, 15) is 9.59 Å². The SMILES string of the molecule is COC(=O)C1(C/C=C/c2ccccc2)C/C(=C\C2=CCC(c3ccccc3)CC2)OC1=O. The van der Waals surface area contributed by atoms with E-state index in [2.05, 4.69) is 30.3 Å². The summed E-state index contributed by atoms with van der Waals surface area (Å²) in [5.74, 6) is -0.0306. The van der Waals surface area contributed by atoms with E-state index in [4.69, 9.17) is 9.47 Å². The smallest absolute Gasteiger partial charge is 0.329 e. The topological polar surface area (TPSA) is 52.6 Å². The molecule has 2 unspecified atom stereocenters. The molecule has 164 valence electrons. The van der Waals surface area contributed by atoms with E-state index >= 15 is 0 Å². The number of carbonyl (C=O) groups is 2. The fraction of sp³-hybridized carbons (Fsp3) is 0.286. The molecule has 0 bridgehead atoms. The average Bonchev–Trinajstić information content (AvgIpc) is 3.15. The molecular weight excluding hydrogens is 400 g/mol. The number of carbonyl (C=O) groups excluding carboxylic acids is 2. The van der Waals surface area contributed by atoms with Gasteiger partial charge in [0.2, 0.25) is 0 Å². The number of rotatable bonds is 6. The first-order valence-electron chi connectivity index (χ1n) is 11.1. The summed E-state index contributed by atoms with van der Waals surface area (Å²) in [4.78, 5) is 25.4. The first-order chi connectivity index (χ1) is 15.6. The van der Waals surface area contributed by atoms with Gasteiger partial charge in [-0.3, -0.25) is 9.59 Å². The average molecular weight is 429 g/mol. The zero-order valence-corrected chi connectivity index (χ0v) is 18.3. The van der Waals surface area contributed by atoms with E-state index in [1.807, 2.05) is 54.6 Å². The van der Waals surface area contributed by atoms with Crippen molar-refractivity contribution in [3.63, 3.8) is 0 Å². The molecule has 0 radical (unpaired) electrons. The Kier molecular flexibility index (Phi) is 6.69. The van der Waals surface area contributed by atoms with Crippen molar-refractivity contribution in [2.75, 3.05) is 7.11 Å². The number of esters is 2. The van der Waals surface area contributed by atoms with Crippen molar-refractivity contribution in [2.24, 2.45) is 5.41 Å². The van der Waals surface area contributed by atoms with E-state index in [0.717, 1.165) is 30.4 Å². The highest BCUT2D eigenvalue weighted by molar-refractivity contribution is 6.02. The fourth-order valence-corrected chi connectivity index (χ4v) is 4.47. The second kappa shape index (κ2) is 9.82. The zero-order valence-electron chi connectivity index (χ0n) is 18.3. The van der Waals surface area contributed by atoms with Crippen molar-refractivity contribution >= 4 is 18.0 Å². The quantitative estimate of drug-likeness (QED) is 0.420. The standard InChI is InChI=1S/C28H28O4/c1-31-26(29)28(18-8-11-21-9-4-2-5-10-21)20-25(32-27(28)30)19-22-14-16-24(17-15-22)23-12-6-3-7-13-23/h2-14,19,24H,15-18,20H2,1H3/b11-8+,25-19+. The lowest BCUT2D eigenvalue weighted by Crippen LogP contribution is -2.36. The van der Waals surface area contributed by atoms with Crippen LogP contribution >= 0.6 is 0 Å². The Morgan fingerprint density at radius 3 is 2.50 bits per heavy atom. The minimum absolute atomic E-state index is 0.219. The number of benzene rings is 2. The highest BCUT2D eigenvalue weighted by Crippen LogP contribution is 2.42. The summed E-state index contributed by atoms with van der Waals surface area (Å²) in [7, 11) is 1.31. The number of methoxy groups -OCH3 is 1. The Labute approximate surface area is 189 Å². The number of cyclic esters (lactones) is 1. The molecule has 1 fully saturated rings. The van der Waals surface area contributed by atoms with E-state index in [-0.39, 0.29) is 12.8 Å². The second-order valence-electron chi connectivity index (χ2n) is 8.43. The van der Waals surface area contributed by atoms with Gasteiger partial charge in [-0.25, -0.2) is 0 Å². The van der Waals surface area contributed by atoms with Crippen molar-refractivity contribution in [3.8, 4) is 0 Å². The summed E-state index contributed by atoms with van der Waals surface area (Å²) in [6.07, 6.45) is 11.3. The minimum atomic E-state index is -1.33. The Balaban J connectivity index is 1.47. The molecule has 2 aromatic carbocycles. The predicted molar refractivity (Wildman–Crippen MR) is 124 cm³/mol. The molecule has 1 aliphatic heterocycles. The van der Waals surface area contributed by atoms with Crippen molar-refractivity contribution < 1.29 is 19.1 Å². The summed E-state index contributed by atoms with van der Waals surface area (Å²) in [6, 6.07) is 20.3.